The fourth-order valence-electron chi connectivity index (χ4n) is 3.34. The molecule has 0 spiro atoms. The third-order valence-corrected chi connectivity index (χ3v) is 7.26. The van der Waals surface area contributed by atoms with E-state index in [4.69, 9.17) is 0 Å². The van der Waals surface area contributed by atoms with E-state index in [1.807, 2.05) is 44.2 Å². The second kappa shape index (κ2) is 8.67. The van der Waals surface area contributed by atoms with Crippen molar-refractivity contribution in [1.82, 2.24) is 18.2 Å². The van der Waals surface area contributed by atoms with Crippen LogP contribution in [0.4, 0.5) is 0 Å². The van der Waals surface area contributed by atoms with Crippen LogP contribution in [0.2, 0.25) is 0 Å². The van der Waals surface area contributed by atoms with Crippen LogP contribution in [-0.4, -0.2) is 53.6 Å². The van der Waals surface area contributed by atoms with Gasteiger partial charge in [0.15, 0.2) is 0 Å². The van der Waals surface area contributed by atoms with Crippen molar-refractivity contribution in [2.75, 3.05) is 21.1 Å². The highest BCUT2D eigenvalue weighted by atomic mass is 32.2. The molecule has 2 aromatic heterocycles. The number of aromatic nitrogens is 2. The van der Waals surface area contributed by atoms with Crippen LogP contribution in [0.25, 0.3) is 22.0 Å². The SMILES string of the molecule is CCC(C)C(=O)n1cc(CN(C)S(=O)(=O)N(C)C)c2ccc(-c3ccncc3)cc21. The van der Waals surface area contributed by atoms with Crippen LogP contribution in [0, 0.1) is 5.92 Å². The first kappa shape index (κ1) is 22.1. The molecule has 0 aliphatic heterocycles. The third kappa shape index (κ3) is 4.16. The van der Waals surface area contributed by atoms with E-state index in [0.29, 0.717) is 0 Å². The van der Waals surface area contributed by atoms with Gasteiger partial charge in [-0.05, 0) is 41.3 Å². The Bertz CT molecular complexity index is 1150. The molecule has 0 aliphatic rings. The van der Waals surface area contributed by atoms with E-state index in [0.717, 1.165) is 34.0 Å². The Morgan fingerprint density at radius 3 is 2.37 bits per heavy atom. The van der Waals surface area contributed by atoms with Crippen molar-refractivity contribution < 1.29 is 13.2 Å². The Morgan fingerprint density at radius 1 is 1.10 bits per heavy atom. The maximum Gasteiger partial charge on any atom is 0.281 e. The lowest BCUT2D eigenvalue weighted by atomic mass is 10.0. The summed E-state index contributed by atoms with van der Waals surface area (Å²) in [7, 11) is 0.986. The zero-order valence-electron chi connectivity index (χ0n) is 18.0. The van der Waals surface area contributed by atoms with Crippen LogP contribution in [0.5, 0.6) is 0 Å². The van der Waals surface area contributed by atoms with E-state index >= 15 is 0 Å². The largest absolute Gasteiger partial charge is 0.287 e. The molecular formula is C22H28N4O3S. The second-order valence-corrected chi connectivity index (χ2v) is 9.94. The highest BCUT2D eigenvalue weighted by Gasteiger charge is 2.24. The van der Waals surface area contributed by atoms with Crippen molar-refractivity contribution in [2.45, 2.75) is 26.8 Å². The number of rotatable bonds is 7. The van der Waals surface area contributed by atoms with Gasteiger partial charge in [-0.3, -0.25) is 14.3 Å². The average molecular weight is 429 g/mol. The predicted molar refractivity (Wildman–Crippen MR) is 119 cm³/mol. The smallest absolute Gasteiger partial charge is 0.281 e. The first-order chi connectivity index (χ1) is 14.2. The van der Waals surface area contributed by atoms with E-state index in [9.17, 15) is 13.2 Å². The number of benzene rings is 1. The van der Waals surface area contributed by atoms with E-state index in [1.165, 1.54) is 22.7 Å². The summed E-state index contributed by atoms with van der Waals surface area (Å²) in [6.45, 7) is 4.06. The first-order valence-corrected chi connectivity index (χ1v) is 11.3. The second-order valence-electron chi connectivity index (χ2n) is 7.69. The molecule has 0 aliphatic carbocycles. The highest BCUT2D eigenvalue weighted by Crippen LogP contribution is 2.29. The molecule has 1 aromatic carbocycles. The molecule has 8 heteroatoms. The Kier molecular flexibility index (Phi) is 6.40. The van der Waals surface area contributed by atoms with Gasteiger partial charge in [0.1, 0.15) is 0 Å². The van der Waals surface area contributed by atoms with E-state index in [-0.39, 0.29) is 18.4 Å². The summed E-state index contributed by atoms with van der Waals surface area (Å²) in [5.41, 5.74) is 3.54. The van der Waals surface area contributed by atoms with Gasteiger partial charge in [-0.2, -0.15) is 17.0 Å². The monoisotopic (exact) mass is 428 g/mol. The van der Waals surface area contributed by atoms with Gasteiger partial charge >= 0.3 is 0 Å². The van der Waals surface area contributed by atoms with E-state index < -0.39 is 10.2 Å². The Balaban J connectivity index is 2.13. The first-order valence-electron chi connectivity index (χ1n) is 9.89. The molecule has 1 unspecified atom stereocenters. The quantitative estimate of drug-likeness (QED) is 0.576. The Hall–Kier alpha value is -2.55. The zero-order chi connectivity index (χ0) is 22.1. The average Bonchev–Trinajstić information content (AvgIpc) is 3.10. The van der Waals surface area contributed by atoms with Gasteiger partial charge in [0.05, 0.1) is 5.52 Å². The van der Waals surface area contributed by atoms with Crippen LogP contribution in [0.1, 0.15) is 30.6 Å². The lowest BCUT2D eigenvalue weighted by Gasteiger charge is -2.21. The fraction of sp³-hybridized carbons (Fsp3) is 0.364. The summed E-state index contributed by atoms with van der Waals surface area (Å²) in [6, 6.07) is 9.76. The molecule has 0 bridgehead atoms. The highest BCUT2D eigenvalue weighted by molar-refractivity contribution is 7.86. The van der Waals surface area contributed by atoms with E-state index in [2.05, 4.69) is 4.98 Å². The normalized spacial score (nSPS) is 13.3. The van der Waals surface area contributed by atoms with Gasteiger partial charge in [0.25, 0.3) is 10.2 Å². The maximum atomic E-state index is 13.1. The number of nitrogens with zero attached hydrogens (tertiary/aromatic N) is 4. The minimum Gasteiger partial charge on any atom is -0.287 e. The van der Waals surface area contributed by atoms with Gasteiger partial charge in [-0.25, -0.2) is 0 Å². The van der Waals surface area contributed by atoms with Crippen molar-refractivity contribution in [1.29, 1.82) is 0 Å². The maximum absolute atomic E-state index is 13.1. The van der Waals surface area contributed by atoms with Crippen LogP contribution >= 0.6 is 0 Å². The van der Waals surface area contributed by atoms with Crippen molar-refractivity contribution in [3.63, 3.8) is 0 Å². The number of pyridine rings is 1. The fourth-order valence-corrected chi connectivity index (χ4v) is 4.20. The van der Waals surface area contributed by atoms with Gasteiger partial charge in [-0.15, -0.1) is 0 Å². The lowest BCUT2D eigenvalue weighted by Crippen LogP contribution is -2.36. The number of carbonyl (C=O) groups is 1. The van der Waals surface area contributed by atoms with Crippen LogP contribution in [0.15, 0.2) is 48.9 Å². The topological polar surface area (TPSA) is 75.5 Å². The lowest BCUT2D eigenvalue weighted by molar-refractivity contribution is 0.0847. The molecular weight excluding hydrogens is 400 g/mol. The van der Waals surface area contributed by atoms with Crippen LogP contribution < -0.4 is 0 Å². The van der Waals surface area contributed by atoms with Gasteiger partial charge in [0, 0.05) is 57.6 Å². The molecule has 7 nitrogen and oxygen atoms in total. The molecule has 1 atom stereocenters. The predicted octanol–water partition coefficient (Wildman–Crippen LogP) is 3.63. The summed E-state index contributed by atoms with van der Waals surface area (Å²) in [5.74, 6) is -0.139. The summed E-state index contributed by atoms with van der Waals surface area (Å²) in [4.78, 5) is 17.1. The number of hydrogen-bond acceptors (Lipinski definition) is 4. The summed E-state index contributed by atoms with van der Waals surface area (Å²) < 4.78 is 29.1. The van der Waals surface area contributed by atoms with Crippen molar-refractivity contribution in [3.8, 4) is 11.1 Å². The van der Waals surface area contributed by atoms with Crippen LogP contribution in [-0.2, 0) is 16.8 Å². The number of carbonyl (C=O) groups excluding carboxylic acids is 1. The summed E-state index contributed by atoms with van der Waals surface area (Å²) >= 11 is 0. The zero-order valence-corrected chi connectivity index (χ0v) is 18.8. The Labute approximate surface area is 178 Å². The molecule has 3 rings (SSSR count). The summed E-state index contributed by atoms with van der Waals surface area (Å²) in [5, 5.41) is 0.866. The molecule has 160 valence electrons. The van der Waals surface area contributed by atoms with Gasteiger partial charge < -0.3 is 0 Å². The summed E-state index contributed by atoms with van der Waals surface area (Å²) in [6.07, 6.45) is 5.97. The molecule has 30 heavy (non-hydrogen) atoms. The molecule has 0 radical (unpaired) electrons. The molecule has 2 heterocycles. The van der Waals surface area contributed by atoms with Gasteiger partial charge in [-0.1, -0.05) is 26.0 Å². The molecule has 3 aromatic rings. The van der Waals surface area contributed by atoms with Crippen molar-refractivity contribution in [2.24, 2.45) is 5.92 Å². The third-order valence-electron chi connectivity index (χ3n) is 5.42. The molecule has 0 amide bonds. The minimum absolute atomic E-state index is 0.00116. The molecule has 0 fully saturated rings. The Morgan fingerprint density at radius 2 is 1.77 bits per heavy atom. The number of hydrogen-bond donors (Lipinski definition) is 0. The molecule has 0 saturated heterocycles. The van der Waals surface area contributed by atoms with Crippen LogP contribution in [0.3, 0.4) is 0 Å². The molecule has 0 N–H and O–H groups in total. The van der Waals surface area contributed by atoms with Gasteiger partial charge in [0.2, 0.25) is 5.91 Å². The standard InChI is InChI=1S/C22H28N4O3S/c1-6-16(2)22(27)26-15-19(14-25(5)30(28,29)24(3)4)20-8-7-18(13-21(20)26)17-9-11-23-12-10-17/h7-13,15-16H,6,14H2,1-5H3. The van der Waals surface area contributed by atoms with Crippen molar-refractivity contribution >= 4 is 27.0 Å². The number of fused-ring (bicyclic) bond motifs is 1. The minimum atomic E-state index is -3.56. The van der Waals surface area contributed by atoms with E-state index in [1.54, 1.807) is 30.2 Å². The molecule has 0 saturated carbocycles. The van der Waals surface area contributed by atoms with Crippen molar-refractivity contribution in [3.05, 3.63) is 54.5 Å².